The molecule has 0 fully saturated rings. The van der Waals surface area contributed by atoms with Crippen molar-refractivity contribution < 1.29 is 9.53 Å². The lowest BCUT2D eigenvalue weighted by Crippen LogP contribution is -2.34. The van der Waals surface area contributed by atoms with E-state index < -0.39 is 11.2 Å². The van der Waals surface area contributed by atoms with Crippen molar-refractivity contribution in [3.8, 4) is 0 Å². The third-order valence-corrected chi connectivity index (χ3v) is 3.76. The zero-order chi connectivity index (χ0) is 14.9. The van der Waals surface area contributed by atoms with E-state index in [1.165, 1.54) is 20.3 Å². The quantitative estimate of drug-likeness (QED) is 0.441. The summed E-state index contributed by atoms with van der Waals surface area (Å²) < 4.78 is 8.28. The fourth-order valence-electron chi connectivity index (χ4n) is 1.84. The van der Waals surface area contributed by atoms with Crippen molar-refractivity contribution in [2.45, 2.75) is 19.6 Å². The molecule has 0 spiro atoms. The number of hydrogen-bond donors (Lipinski definition) is 1. The average Bonchev–Trinajstić information content (AvgIpc) is 2.77. The topological polar surface area (TPSA) is 99.0 Å². The highest BCUT2D eigenvalue weighted by molar-refractivity contribution is 14.1. The molecule has 0 aliphatic carbocycles. The second-order valence-electron chi connectivity index (χ2n) is 4.27. The molecule has 0 unspecified atom stereocenters. The Morgan fingerprint density at radius 3 is 2.85 bits per heavy atom. The summed E-state index contributed by atoms with van der Waals surface area (Å²) in [6.07, 6.45) is 1.09. The van der Waals surface area contributed by atoms with E-state index in [1.807, 2.05) is 0 Å². The van der Waals surface area contributed by atoms with E-state index in [0.717, 1.165) is 4.57 Å². The monoisotopic (exact) mass is 392 g/mol. The summed E-state index contributed by atoms with van der Waals surface area (Å²) in [7, 11) is 1.39. The Morgan fingerprint density at radius 1 is 1.55 bits per heavy atom. The Labute approximate surface area is 126 Å². The molecular weight excluding hydrogens is 379 g/mol. The number of nitrogens with zero attached hydrogens (tertiary/aromatic N) is 3. The van der Waals surface area contributed by atoms with E-state index in [4.69, 9.17) is 4.74 Å². The number of ether oxygens (including phenoxy) is 1. The molecule has 9 heteroatoms. The van der Waals surface area contributed by atoms with E-state index in [1.54, 1.807) is 4.57 Å². The van der Waals surface area contributed by atoms with Crippen LogP contribution in [-0.4, -0.2) is 35.6 Å². The molecule has 1 N–H and O–H groups in total. The van der Waals surface area contributed by atoms with Gasteiger partial charge in [-0.15, -0.1) is 0 Å². The Morgan fingerprint density at radius 2 is 2.25 bits per heavy atom. The molecule has 0 bridgehead atoms. The molecule has 0 saturated heterocycles. The molecule has 0 radical (unpaired) electrons. The number of H-pyrrole nitrogens is 1. The number of rotatable bonds is 4. The molecule has 108 valence electrons. The Kier molecular flexibility index (Phi) is 4.26. The first kappa shape index (κ1) is 14.8. The number of aromatic amines is 1. The van der Waals surface area contributed by atoms with Gasteiger partial charge in [-0.2, -0.15) is 0 Å². The molecule has 0 aliphatic rings. The number of carbonyl (C=O) groups excluding carboxylic acids is 1. The Balaban J connectivity index is 2.46. The van der Waals surface area contributed by atoms with Crippen LogP contribution in [-0.2, 0) is 23.1 Å². The van der Waals surface area contributed by atoms with Crippen LogP contribution < -0.4 is 11.2 Å². The van der Waals surface area contributed by atoms with Gasteiger partial charge in [0.05, 0.1) is 12.9 Å². The van der Waals surface area contributed by atoms with E-state index in [9.17, 15) is 14.4 Å². The molecule has 2 aromatic rings. The summed E-state index contributed by atoms with van der Waals surface area (Å²) in [5.74, 6) is -0.377. The van der Waals surface area contributed by atoms with Gasteiger partial charge in [0.1, 0.15) is 6.10 Å². The van der Waals surface area contributed by atoms with Crippen molar-refractivity contribution in [1.82, 2.24) is 19.1 Å². The fourth-order valence-corrected chi connectivity index (χ4v) is 2.30. The number of imidazole rings is 1. The van der Waals surface area contributed by atoms with Gasteiger partial charge in [0.2, 0.25) is 0 Å². The van der Waals surface area contributed by atoms with Crippen LogP contribution in [0, 0.1) is 0 Å². The predicted octanol–water partition coefficient (Wildman–Crippen LogP) is -0.210. The average molecular weight is 392 g/mol. The molecule has 0 saturated carbocycles. The van der Waals surface area contributed by atoms with Crippen LogP contribution in [0.2, 0.25) is 0 Å². The number of aromatic nitrogens is 4. The van der Waals surface area contributed by atoms with Gasteiger partial charge in [0.15, 0.2) is 11.2 Å². The number of fused-ring (bicyclic) bond motifs is 1. The number of alkyl halides is 1. The zero-order valence-corrected chi connectivity index (χ0v) is 13.1. The maximum Gasteiger partial charge on any atom is 0.329 e. The summed E-state index contributed by atoms with van der Waals surface area (Å²) in [5.41, 5.74) is -0.434. The normalized spacial score (nSPS) is 12.6. The third kappa shape index (κ3) is 2.76. The molecular formula is C11H13IN4O4. The van der Waals surface area contributed by atoms with Crippen LogP contribution in [0.3, 0.4) is 0 Å². The standard InChI is InChI=1S/C11H13IN4O4/c1-6(17)20-7(3-12)4-16-5-13-9-8(16)10(18)15(2)11(19)14-9/h5,7H,3-4H2,1-2H3,(H,14,19)/t7-/m0/s1. The lowest BCUT2D eigenvalue weighted by atomic mass is 10.4. The van der Waals surface area contributed by atoms with Crippen molar-refractivity contribution in [1.29, 1.82) is 0 Å². The molecule has 2 rings (SSSR count). The van der Waals surface area contributed by atoms with Crippen molar-refractivity contribution in [2.75, 3.05) is 4.43 Å². The second kappa shape index (κ2) is 5.77. The minimum absolute atomic E-state index is 0.230. The lowest BCUT2D eigenvalue weighted by molar-refractivity contribution is -0.145. The second-order valence-corrected chi connectivity index (χ2v) is 5.16. The molecule has 8 nitrogen and oxygen atoms in total. The van der Waals surface area contributed by atoms with Gasteiger partial charge < -0.3 is 9.30 Å². The van der Waals surface area contributed by atoms with Crippen LogP contribution in [0.5, 0.6) is 0 Å². The highest BCUT2D eigenvalue weighted by Gasteiger charge is 2.16. The number of halogens is 1. The molecule has 2 heterocycles. The smallest absolute Gasteiger partial charge is 0.329 e. The molecule has 1 atom stereocenters. The molecule has 20 heavy (non-hydrogen) atoms. The summed E-state index contributed by atoms with van der Waals surface area (Å²) in [6.45, 7) is 1.64. The van der Waals surface area contributed by atoms with Crippen molar-refractivity contribution >= 4 is 39.7 Å². The van der Waals surface area contributed by atoms with E-state index >= 15 is 0 Å². The van der Waals surface area contributed by atoms with Crippen molar-refractivity contribution in [2.24, 2.45) is 7.05 Å². The van der Waals surface area contributed by atoms with Gasteiger partial charge >= 0.3 is 11.7 Å². The maximum absolute atomic E-state index is 12.1. The van der Waals surface area contributed by atoms with Gasteiger partial charge in [-0.05, 0) is 0 Å². The summed E-state index contributed by atoms with van der Waals surface area (Å²) in [6, 6.07) is 0. The van der Waals surface area contributed by atoms with E-state index in [-0.39, 0.29) is 23.2 Å². The van der Waals surface area contributed by atoms with Crippen LogP contribution in [0.1, 0.15) is 6.92 Å². The first-order chi connectivity index (χ1) is 9.43. The summed E-state index contributed by atoms with van der Waals surface area (Å²) in [5, 5.41) is 0. The highest BCUT2D eigenvalue weighted by Crippen LogP contribution is 2.08. The van der Waals surface area contributed by atoms with Crippen LogP contribution in [0.4, 0.5) is 0 Å². The van der Waals surface area contributed by atoms with Gasteiger partial charge in [0.25, 0.3) is 5.56 Å². The van der Waals surface area contributed by atoms with Crippen molar-refractivity contribution in [3.63, 3.8) is 0 Å². The van der Waals surface area contributed by atoms with Gasteiger partial charge in [-0.1, -0.05) is 22.6 Å². The van der Waals surface area contributed by atoms with Crippen molar-refractivity contribution in [3.05, 3.63) is 27.2 Å². The number of carbonyl (C=O) groups is 1. The lowest BCUT2D eigenvalue weighted by Gasteiger charge is -2.15. The van der Waals surface area contributed by atoms with Crippen LogP contribution >= 0.6 is 22.6 Å². The largest absolute Gasteiger partial charge is 0.460 e. The van der Waals surface area contributed by atoms with Crippen LogP contribution in [0.25, 0.3) is 11.2 Å². The Bertz CT molecular complexity index is 760. The van der Waals surface area contributed by atoms with Crippen LogP contribution in [0.15, 0.2) is 15.9 Å². The fraction of sp³-hybridized carbons (Fsp3) is 0.455. The van der Waals surface area contributed by atoms with E-state index in [0.29, 0.717) is 11.0 Å². The third-order valence-electron chi connectivity index (χ3n) is 2.78. The highest BCUT2D eigenvalue weighted by atomic mass is 127. The maximum atomic E-state index is 12.1. The number of hydrogen-bond acceptors (Lipinski definition) is 5. The Hall–Kier alpha value is -1.65. The predicted molar refractivity (Wildman–Crippen MR) is 80.0 cm³/mol. The summed E-state index contributed by atoms with van der Waals surface area (Å²) in [4.78, 5) is 41.1. The molecule has 0 aliphatic heterocycles. The number of esters is 1. The molecule has 0 amide bonds. The molecule has 0 aromatic carbocycles. The minimum Gasteiger partial charge on any atom is -0.460 e. The minimum atomic E-state index is -0.516. The molecule has 2 aromatic heterocycles. The van der Waals surface area contributed by atoms with Gasteiger partial charge in [-0.25, -0.2) is 9.78 Å². The first-order valence-electron chi connectivity index (χ1n) is 5.81. The van der Waals surface area contributed by atoms with Gasteiger partial charge in [-0.3, -0.25) is 19.1 Å². The van der Waals surface area contributed by atoms with E-state index in [2.05, 4.69) is 32.6 Å². The summed E-state index contributed by atoms with van der Waals surface area (Å²) >= 11 is 2.10. The number of nitrogens with one attached hydrogen (secondary N) is 1. The van der Waals surface area contributed by atoms with Gasteiger partial charge in [0, 0.05) is 18.4 Å². The zero-order valence-electron chi connectivity index (χ0n) is 10.9. The SMILES string of the molecule is CC(=O)O[C@@H](CI)Cn1cnc2[nH]c(=O)n(C)c(=O)c21. The first-order valence-corrected chi connectivity index (χ1v) is 7.34.